The lowest BCUT2D eigenvalue weighted by Crippen LogP contribution is -2.46. The van der Waals surface area contributed by atoms with Crippen LogP contribution in [0.4, 0.5) is 5.69 Å². The number of carbonyl (C=O) groups is 3. The predicted octanol–water partition coefficient (Wildman–Crippen LogP) is 2.42. The van der Waals surface area contributed by atoms with E-state index < -0.39 is 12.6 Å². The second-order valence-corrected chi connectivity index (χ2v) is 7.73. The van der Waals surface area contributed by atoms with Gasteiger partial charge in [0.05, 0.1) is 43.1 Å². The summed E-state index contributed by atoms with van der Waals surface area (Å²) in [6.45, 7) is 2.78. The fourth-order valence-corrected chi connectivity index (χ4v) is 3.70. The predicted molar refractivity (Wildman–Crippen MR) is 114 cm³/mol. The first-order valence-corrected chi connectivity index (χ1v) is 10.5. The normalized spacial score (nSPS) is 15.8. The van der Waals surface area contributed by atoms with Gasteiger partial charge in [0.1, 0.15) is 0 Å². The number of nitrogens with zero attached hydrogens (tertiary/aromatic N) is 1. The van der Waals surface area contributed by atoms with Crippen molar-refractivity contribution >= 4 is 34.8 Å². The van der Waals surface area contributed by atoms with Crippen LogP contribution in [0.25, 0.3) is 0 Å². The van der Waals surface area contributed by atoms with E-state index in [9.17, 15) is 14.4 Å². The number of hydrogen-bond acceptors (Lipinski definition) is 8. The van der Waals surface area contributed by atoms with Crippen LogP contribution < -0.4 is 14.8 Å². The smallest absolute Gasteiger partial charge is 0.340 e. The first-order valence-electron chi connectivity index (χ1n) is 9.60. The van der Waals surface area contributed by atoms with Gasteiger partial charge in [0.15, 0.2) is 18.1 Å². The number of rotatable bonds is 7. The monoisotopic (exact) mass is 448 g/mol. The van der Waals surface area contributed by atoms with E-state index in [-0.39, 0.29) is 34.9 Å². The first-order chi connectivity index (χ1) is 14.9. The maximum Gasteiger partial charge on any atom is 0.340 e. The number of ether oxygens (including phenoxy) is 4. The van der Waals surface area contributed by atoms with Gasteiger partial charge in [0.2, 0.25) is 0 Å². The lowest BCUT2D eigenvalue weighted by molar-refractivity contribution is -0.141. The van der Waals surface area contributed by atoms with Gasteiger partial charge in [-0.1, -0.05) is 6.07 Å². The summed E-state index contributed by atoms with van der Waals surface area (Å²) in [6.07, 6.45) is -0.0710. The molecule has 1 aliphatic rings. The van der Waals surface area contributed by atoms with Crippen molar-refractivity contribution in [3.8, 4) is 11.5 Å². The summed E-state index contributed by atoms with van der Waals surface area (Å²) in [5, 5.41) is 4.47. The number of esters is 1. The molecule has 31 heavy (non-hydrogen) atoms. The van der Waals surface area contributed by atoms with Gasteiger partial charge < -0.3 is 29.2 Å². The van der Waals surface area contributed by atoms with E-state index in [1.807, 2.05) is 6.92 Å². The number of methoxy groups -OCH3 is 2. The Morgan fingerprint density at radius 2 is 1.97 bits per heavy atom. The molecule has 1 aromatic heterocycles. The third-order valence-corrected chi connectivity index (χ3v) is 5.53. The van der Waals surface area contributed by atoms with Crippen molar-refractivity contribution < 1.29 is 33.3 Å². The van der Waals surface area contributed by atoms with Crippen LogP contribution in [0.1, 0.15) is 27.0 Å². The average molecular weight is 448 g/mol. The number of benzene rings is 1. The Morgan fingerprint density at radius 1 is 1.23 bits per heavy atom. The second kappa shape index (κ2) is 10.3. The van der Waals surface area contributed by atoms with E-state index >= 15 is 0 Å². The SMILES string of the molecule is COc1cc(NC(=O)c2cccs2)c(C(=O)OCC(=O)N2CCOC(C)C2)cc1OC. The Kier molecular flexibility index (Phi) is 7.48. The van der Waals surface area contributed by atoms with Gasteiger partial charge in [-0.25, -0.2) is 4.79 Å². The lowest BCUT2D eigenvalue weighted by atomic mass is 10.1. The minimum atomic E-state index is -0.767. The van der Waals surface area contributed by atoms with Crippen molar-refractivity contribution in [3.63, 3.8) is 0 Å². The maximum absolute atomic E-state index is 12.8. The third kappa shape index (κ3) is 5.53. The van der Waals surface area contributed by atoms with E-state index in [4.69, 9.17) is 18.9 Å². The Morgan fingerprint density at radius 3 is 2.61 bits per heavy atom. The number of amides is 2. The number of thiophene rings is 1. The molecule has 2 amide bonds. The molecule has 1 aromatic carbocycles. The Hall–Kier alpha value is -3.11. The Bertz CT molecular complexity index is 945. The maximum atomic E-state index is 12.8. The molecule has 1 N–H and O–H groups in total. The highest BCUT2D eigenvalue weighted by Gasteiger charge is 2.25. The molecule has 1 unspecified atom stereocenters. The van der Waals surface area contributed by atoms with Gasteiger partial charge in [-0.15, -0.1) is 11.3 Å². The van der Waals surface area contributed by atoms with Gasteiger partial charge in [-0.2, -0.15) is 0 Å². The molecule has 0 bridgehead atoms. The van der Waals surface area contributed by atoms with E-state index in [1.54, 1.807) is 22.4 Å². The van der Waals surface area contributed by atoms with Crippen molar-refractivity contribution in [2.24, 2.45) is 0 Å². The van der Waals surface area contributed by atoms with E-state index in [1.165, 1.54) is 37.7 Å². The van der Waals surface area contributed by atoms with Crippen molar-refractivity contribution in [2.75, 3.05) is 45.8 Å². The van der Waals surface area contributed by atoms with Gasteiger partial charge in [0, 0.05) is 25.2 Å². The Labute approximate surface area is 183 Å². The van der Waals surface area contributed by atoms with Gasteiger partial charge in [-0.05, 0) is 18.4 Å². The van der Waals surface area contributed by atoms with Crippen LogP contribution in [0.2, 0.25) is 0 Å². The molecule has 0 radical (unpaired) electrons. The molecule has 0 spiro atoms. The standard InChI is InChI=1S/C21H24N2O7S/c1-13-11-23(6-7-29-13)19(24)12-30-21(26)14-9-16(27-2)17(28-3)10-15(14)22-20(25)18-5-4-8-31-18/h4-5,8-10,13H,6-7,11-12H2,1-3H3,(H,22,25). The zero-order valence-electron chi connectivity index (χ0n) is 17.5. The fraction of sp³-hybridized carbons (Fsp3) is 0.381. The zero-order chi connectivity index (χ0) is 22.4. The molecule has 1 saturated heterocycles. The van der Waals surface area contributed by atoms with Gasteiger partial charge >= 0.3 is 5.97 Å². The minimum Gasteiger partial charge on any atom is -0.493 e. The van der Waals surface area contributed by atoms with Gasteiger partial charge in [0.25, 0.3) is 11.8 Å². The molecule has 166 valence electrons. The highest BCUT2D eigenvalue weighted by atomic mass is 32.1. The topological polar surface area (TPSA) is 103 Å². The summed E-state index contributed by atoms with van der Waals surface area (Å²) in [4.78, 5) is 39.8. The van der Waals surface area contributed by atoms with E-state index in [2.05, 4.69) is 5.32 Å². The van der Waals surface area contributed by atoms with E-state index in [0.29, 0.717) is 30.3 Å². The zero-order valence-corrected chi connectivity index (χ0v) is 18.3. The number of anilines is 1. The van der Waals surface area contributed by atoms with Crippen LogP contribution in [-0.2, 0) is 14.3 Å². The highest BCUT2D eigenvalue weighted by Crippen LogP contribution is 2.34. The summed E-state index contributed by atoms with van der Waals surface area (Å²) in [5.74, 6) is -0.837. The molecule has 3 rings (SSSR count). The largest absolute Gasteiger partial charge is 0.493 e. The number of morpholine rings is 1. The molecule has 1 atom stereocenters. The van der Waals surface area contributed by atoms with Crippen LogP contribution in [0.5, 0.6) is 11.5 Å². The molecule has 1 aliphatic heterocycles. The summed E-state index contributed by atoms with van der Waals surface area (Å²) in [5.41, 5.74) is 0.235. The number of carbonyl (C=O) groups excluding carboxylic acids is 3. The van der Waals surface area contributed by atoms with Gasteiger partial charge in [-0.3, -0.25) is 9.59 Å². The highest BCUT2D eigenvalue weighted by molar-refractivity contribution is 7.12. The Balaban J connectivity index is 1.77. The molecular formula is C21H24N2O7S. The van der Waals surface area contributed by atoms with Crippen LogP contribution in [0.3, 0.4) is 0 Å². The van der Waals surface area contributed by atoms with Crippen LogP contribution in [0, 0.1) is 0 Å². The van der Waals surface area contributed by atoms with Crippen LogP contribution in [0.15, 0.2) is 29.6 Å². The lowest BCUT2D eigenvalue weighted by Gasteiger charge is -2.30. The first kappa shape index (κ1) is 22.6. The molecule has 0 saturated carbocycles. The molecule has 2 aromatic rings. The number of nitrogens with one attached hydrogen (secondary N) is 1. The summed E-state index contributed by atoms with van der Waals surface area (Å²) >= 11 is 1.27. The van der Waals surface area contributed by atoms with E-state index in [0.717, 1.165) is 0 Å². The summed E-state index contributed by atoms with van der Waals surface area (Å²) in [7, 11) is 2.88. The molecule has 0 aliphatic carbocycles. The van der Waals surface area contributed by atoms with Crippen molar-refractivity contribution in [1.29, 1.82) is 0 Å². The molecule has 9 nitrogen and oxygen atoms in total. The fourth-order valence-electron chi connectivity index (χ4n) is 3.08. The third-order valence-electron chi connectivity index (χ3n) is 4.66. The number of hydrogen-bond donors (Lipinski definition) is 1. The van der Waals surface area contributed by atoms with Crippen LogP contribution >= 0.6 is 11.3 Å². The van der Waals surface area contributed by atoms with Crippen molar-refractivity contribution in [3.05, 3.63) is 40.1 Å². The van der Waals surface area contributed by atoms with Crippen molar-refractivity contribution in [1.82, 2.24) is 4.90 Å². The van der Waals surface area contributed by atoms with Crippen LogP contribution in [-0.4, -0.2) is 69.3 Å². The summed E-state index contributed by atoms with van der Waals surface area (Å²) in [6, 6.07) is 6.31. The minimum absolute atomic E-state index is 0.0469. The molecular weight excluding hydrogens is 424 g/mol. The molecule has 10 heteroatoms. The second-order valence-electron chi connectivity index (χ2n) is 6.78. The summed E-state index contributed by atoms with van der Waals surface area (Å²) < 4.78 is 21.2. The van der Waals surface area contributed by atoms with Crippen molar-refractivity contribution in [2.45, 2.75) is 13.0 Å². The quantitative estimate of drug-likeness (QED) is 0.649. The average Bonchev–Trinajstić information content (AvgIpc) is 3.32. The molecule has 2 heterocycles. The molecule has 1 fully saturated rings.